The average Bonchev–Trinajstić information content (AvgIpc) is 2.79. The first-order valence-electron chi connectivity index (χ1n) is 6.75. The van der Waals surface area contributed by atoms with E-state index in [-0.39, 0.29) is 10.6 Å². The van der Waals surface area contributed by atoms with Gasteiger partial charge in [-0.1, -0.05) is 25.5 Å². The average molecular weight is 280 g/mol. The van der Waals surface area contributed by atoms with E-state index in [1.807, 2.05) is 24.8 Å². The Balaban J connectivity index is 2.20. The Morgan fingerprint density at radius 2 is 2.26 bits per heavy atom. The minimum Gasteiger partial charge on any atom is -0.375 e. The van der Waals surface area contributed by atoms with E-state index in [1.165, 1.54) is 12.8 Å². The summed E-state index contributed by atoms with van der Waals surface area (Å²) in [6.07, 6.45) is 3.51. The van der Waals surface area contributed by atoms with Crippen LogP contribution in [0.5, 0.6) is 0 Å². The molecule has 104 valence electrons. The second kappa shape index (κ2) is 6.28. The number of nitrogens with one attached hydrogen (secondary N) is 1. The molecule has 0 bridgehead atoms. The van der Waals surface area contributed by atoms with E-state index in [9.17, 15) is 10.1 Å². The third kappa shape index (κ3) is 3.21. The van der Waals surface area contributed by atoms with Crippen LogP contribution in [0.15, 0.2) is 18.2 Å². The number of benzene rings is 1. The normalized spacial score (nSPS) is 22.4. The fraction of sp³-hybridized carbons (Fsp3) is 0.571. The van der Waals surface area contributed by atoms with E-state index >= 15 is 0 Å². The lowest BCUT2D eigenvalue weighted by atomic mass is 10.1. The Bertz CT molecular complexity index is 465. The number of para-hydroxylation sites is 1. The van der Waals surface area contributed by atoms with Gasteiger partial charge in [0.2, 0.25) is 0 Å². The minimum absolute atomic E-state index is 0.187. The van der Waals surface area contributed by atoms with E-state index in [0.717, 1.165) is 17.7 Å². The Labute approximate surface area is 118 Å². The van der Waals surface area contributed by atoms with Crippen molar-refractivity contribution >= 4 is 23.1 Å². The highest BCUT2D eigenvalue weighted by Crippen LogP contribution is 2.35. The van der Waals surface area contributed by atoms with Crippen LogP contribution in [-0.2, 0) is 0 Å². The van der Waals surface area contributed by atoms with Gasteiger partial charge in [-0.2, -0.15) is 11.8 Å². The summed E-state index contributed by atoms with van der Waals surface area (Å²) in [5.74, 6) is 1.10. The van der Waals surface area contributed by atoms with Gasteiger partial charge in [0.05, 0.1) is 4.92 Å². The van der Waals surface area contributed by atoms with Gasteiger partial charge in [-0.05, 0) is 31.1 Å². The third-order valence-electron chi connectivity index (χ3n) is 3.61. The van der Waals surface area contributed by atoms with Crippen LogP contribution >= 0.6 is 11.8 Å². The van der Waals surface area contributed by atoms with Crippen molar-refractivity contribution in [3.8, 4) is 0 Å². The van der Waals surface area contributed by atoms with Gasteiger partial charge in [0.15, 0.2) is 0 Å². The van der Waals surface area contributed by atoms with Crippen LogP contribution in [0.3, 0.4) is 0 Å². The van der Waals surface area contributed by atoms with Crippen LogP contribution in [0.2, 0.25) is 0 Å². The summed E-state index contributed by atoms with van der Waals surface area (Å²) in [6.45, 7) is 4.09. The second-order valence-corrected chi connectivity index (χ2v) is 6.42. The summed E-state index contributed by atoms with van der Waals surface area (Å²) >= 11 is 1.95. The highest BCUT2D eigenvalue weighted by atomic mass is 32.2. The molecule has 1 aromatic rings. The smallest absolute Gasteiger partial charge is 0.292 e. The van der Waals surface area contributed by atoms with Gasteiger partial charge in [0, 0.05) is 17.4 Å². The summed E-state index contributed by atoms with van der Waals surface area (Å²) in [6, 6.07) is 5.59. The van der Waals surface area contributed by atoms with Gasteiger partial charge in [-0.25, -0.2) is 0 Å². The van der Waals surface area contributed by atoms with Crippen LogP contribution in [0, 0.1) is 17.0 Å². The topological polar surface area (TPSA) is 55.2 Å². The summed E-state index contributed by atoms with van der Waals surface area (Å²) in [5, 5.41) is 15.1. The zero-order valence-electron chi connectivity index (χ0n) is 11.4. The highest BCUT2D eigenvalue weighted by Gasteiger charge is 2.29. The first-order valence-corrected chi connectivity index (χ1v) is 7.80. The molecule has 1 aliphatic rings. The predicted molar refractivity (Wildman–Crippen MR) is 81.0 cm³/mol. The molecule has 1 N–H and O–H groups in total. The van der Waals surface area contributed by atoms with Crippen LogP contribution in [-0.4, -0.2) is 22.0 Å². The van der Waals surface area contributed by atoms with E-state index in [2.05, 4.69) is 12.2 Å². The van der Waals surface area contributed by atoms with E-state index in [0.29, 0.717) is 17.0 Å². The Hall–Kier alpha value is -1.23. The maximum absolute atomic E-state index is 11.1. The summed E-state index contributed by atoms with van der Waals surface area (Å²) < 4.78 is 0. The van der Waals surface area contributed by atoms with Crippen molar-refractivity contribution in [2.75, 3.05) is 11.1 Å². The number of rotatable bonds is 5. The number of thioether (sulfide) groups is 1. The van der Waals surface area contributed by atoms with E-state index < -0.39 is 0 Å². The summed E-state index contributed by atoms with van der Waals surface area (Å²) in [4.78, 5) is 10.8. The molecule has 1 fully saturated rings. The van der Waals surface area contributed by atoms with Crippen molar-refractivity contribution in [3.63, 3.8) is 0 Å². The molecular formula is C14H20N2O2S. The van der Waals surface area contributed by atoms with Crippen molar-refractivity contribution in [3.05, 3.63) is 33.9 Å². The van der Waals surface area contributed by atoms with Gasteiger partial charge in [0.25, 0.3) is 5.69 Å². The second-order valence-electron chi connectivity index (χ2n) is 4.90. The molecule has 0 radical (unpaired) electrons. The number of hydrogen-bond donors (Lipinski definition) is 1. The maximum atomic E-state index is 11.1. The van der Waals surface area contributed by atoms with Gasteiger partial charge in [-0.15, -0.1) is 0 Å². The summed E-state index contributed by atoms with van der Waals surface area (Å²) in [5.41, 5.74) is 1.83. The molecule has 5 heteroatoms. The SMILES string of the molecule is CCSC1CCCC1Nc1c(C)cccc1[N+](=O)[O-]. The highest BCUT2D eigenvalue weighted by molar-refractivity contribution is 7.99. The molecule has 1 saturated carbocycles. The van der Waals surface area contributed by atoms with Crippen molar-refractivity contribution in [2.24, 2.45) is 0 Å². The first-order chi connectivity index (χ1) is 9.13. The monoisotopic (exact) mass is 280 g/mol. The largest absolute Gasteiger partial charge is 0.375 e. The first kappa shape index (κ1) is 14.2. The molecule has 0 spiro atoms. The van der Waals surface area contributed by atoms with Crippen molar-refractivity contribution < 1.29 is 4.92 Å². The lowest BCUT2D eigenvalue weighted by Crippen LogP contribution is -2.27. The fourth-order valence-corrected chi connectivity index (χ4v) is 3.88. The van der Waals surface area contributed by atoms with Gasteiger partial charge in [0.1, 0.15) is 5.69 Å². The minimum atomic E-state index is -0.299. The van der Waals surface area contributed by atoms with Gasteiger partial charge in [-0.3, -0.25) is 10.1 Å². The number of aryl methyl sites for hydroxylation is 1. The lowest BCUT2D eigenvalue weighted by Gasteiger charge is -2.22. The van der Waals surface area contributed by atoms with E-state index in [4.69, 9.17) is 0 Å². The van der Waals surface area contributed by atoms with Crippen LogP contribution in [0.1, 0.15) is 31.7 Å². The van der Waals surface area contributed by atoms with Crippen molar-refractivity contribution in [1.29, 1.82) is 0 Å². The summed E-state index contributed by atoms with van der Waals surface area (Å²) in [7, 11) is 0. The number of nitro benzene ring substituents is 1. The molecule has 0 saturated heterocycles. The molecule has 0 heterocycles. The van der Waals surface area contributed by atoms with Crippen molar-refractivity contribution in [2.45, 2.75) is 44.4 Å². The molecule has 4 nitrogen and oxygen atoms in total. The predicted octanol–water partition coefficient (Wildman–Crippen LogP) is 3.99. The molecule has 1 aromatic carbocycles. The number of anilines is 1. The van der Waals surface area contributed by atoms with E-state index in [1.54, 1.807) is 12.1 Å². The van der Waals surface area contributed by atoms with Gasteiger partial charge >= 0.3 is 0 Å². The Kier molecular flexibility index (Phi) is 4.69. The van der Waals surface area contributed by atoms with Crippen LogP contribution in [0.25, 0.3) is 0 Å². The molecule has 0 aliphatic heterocycles. The Morgan fingerprint density at radius 3 is 2.95 bits per heavy atom. The fourth-order valence-electron chi connectivity index (χ4n) is 2.68. The molecule has 19 heavy (non-hydrogen) atoms. The van der Waals surface area contributed by atoms with Gasteiger partial charge < -0.3 is 5.32 Å². The van der Waals surface area contributed by atoms with Crippen LogP contribution in [0.4, 0.5) is 11.4 Å². The zero-order chi connectivity index (χ0) is 13.8. The molecule has 2 atom stereocenters. The van der Waals surface area contributed by atoms with Crippen molar-refractivity contribution in [1.82, 2.24) is 0 Å². The molecule has 0 aromatic heterocycles. The van der Waals surface area contributed by atoms with Crippen LogP contribution < -0.4 is 5.32 Å². The quantitative estimate of drug-likeness (QED) is 0.654. The molecule has 2 unspecified atom stereocenters. The number of hydrogen-bond acceptors (Lipinski definition) is 4. The number of nitrogens with zero attached hydrogens (tertiary/aromatic N) is 1. The molecule has 0 amide bonds. The third-order valence-corrected chi connectivity index (χ3v) is 4.94. The Morgan fingerprint density at radius 1 is 1.47 bits per heavy atom. The zero-order valence-corrected chi connectivity index (χ0v) is 12.2. The molecular weight excluding hydrogens is 260 g/mol. The number of nitro groups is 1. The molecule has 2 rings (SSSR count). The lowest BCUT2D eigenvalue weighted by molar-refractivity contribution is -0.384. The molecule has 1 aliphatic carbocycles. The maximum Gasteiger partial charge on any atom is 0.292 e. The standard InChI is InChI=1S/C14H20N2O2S/c1-3-19-13-9-5-7-11(13)15-14-10(2)6-4-8-12(14)16(17)18/h4,6,8,11,13,15H,3,5,7,9H2,1-2H3.